The summed E-state index contributed by atoms with van der Waals surface area (Å²) in [5.74, 6) is 1.46. The van der Waals surface area contributed by atoms with Gasteiger partial charge in [-0.15, -0.1) is 11.8 Å². The van der Waals surface area contributed by atoms with Gasteiger partial charge in [-0.05, 0) is 36.2 Å². The average Bonchev–Trinajstić information content (AvgIpc) is 3.17. The van der Waals surface area contributed by atoms with Crippen molar-refractivity contribution in [3.8, 4) is 11.5 Å². The van der Waals surface area contributed by atoms with Crippen LogP contribution in [0.5, 0.6) is 11.5 Å². The van der Waals surface area contributed by atoms with E-state index >= 15 is 0 Å². The van der Waals surface area contributed by atoms with Crippen LogP contribution >= 0.6 is 11.8 Å². The van der Waals surface area contributed by atoms with Crippen molar-refractivity contribution in [1.82, 2.24) is 15.5 Å². The van der Waals surface area contributed by atoms with Crippen LogP contribution in [0.15, 0.2) is 51.9 Å². The first-order valence-corrected chi connectivity index (χ1v) is 10.4. The molecule has 10 heteroatoms. The van der Waals surface area contributed by atoms with Crippen LogP contribution < -0.4 is 14.8 Å². The third-order valence-electron chi connectivity index (χ3n) is 4.20. The van der Waals surface area contributed by atoms with E-state index in [4.69, 9.17) is 9.26 Å². The quantitative estimate of drug-likeness (QED) is 0.463. The number of nitrogens with zero attached hydrogens (tertiary/aromatic N) is 2. The molecule has 0 aliphatic carbocycles. The molecule has 3 rings (SSSR count). The van der Waals surface area contributed by atoms with Gasteiger partial charge in [-0.3, -0.25) is 4.79 Å². The van der Waals surface area contributed by atoms with Crippen molar-refractivity contribution in [3.05, 3.63) is 65.3 Å². The first-order chi connectivity index (χ1) is 15.0. The van der Waals surface area contributed by atoms with Gasteiger partial charge in [-0.2, -0.15) is 13.8 Å². The molecule has 0 aliphatic heterocycles. The number of hydrogen-bond acceptors (Lipinski definition) is 7. The molecule has 1 heterocycles. The lowest BCUT2D eigenvalue weighted by molar-refractivity contribution is -0.0512. The van der Waals surface area contributed by atoms with Crippen molar-refractivity contribution in [1.29, 1.82) is 0 Å². The minimum Gasteiger partial charge on any atom is -0.493 e. The summed E-state index contributed by atoms with van der Waals surface area (Å²) in [6.07, 6.45) is 0.437. The topological polar surface area (TPSA) is 86.5 Å². The Bertz CT molecular complexity index is 1030. The molecule has 0 bridgehead atoms. The normalized spacial score (nSPS) is 10.9. The molecular weight excluding hydrogens is 428 g/mol. The van der Waals surface area contributed by atoms with E-state index in [0.29, 0.717) is 36.0 Å². The van der Waals surface area contributed by atoms with Gasteiger partial charge in [-0.1, -0.05) is 23.4 Å². The zero-order valence-corrected chi connectivity index (χ0v) is 17.7. The Balaban J connectivity index is 1.59. The van der Waals surface area contributed by atoms with Crippen LogP contribution in [0, 0.1) is 6.92 Å². The first-order valence-electron chi connectivity index (χ1n) is 9.37. The highest BCUT2D eigenvalue weighted by molar-refractivity contribution is 7.98. The van der Waals surface area contributed by atoms with Crippen LogP contribution in [0.2, 0.25) is 0 Å². The molecule has 1 aromatic heterocycles. The van der Waals surface area contributed by atoms with Crippen LogP contribution in [0.3, 0.4) is 0 Å². The van der Waals surface area contributed by atoms with Gasteiger partial charge in [-0.25, -0.2) is 0 Å². The SMILES string of the molecule is COc1ccc(CCNC(=O)c2ccccc2SCc2noc(C)n2)cc1OC(F)F. The Morgan fingerprint density at radius 2 is 2.03 bits per heavy atom. The number of amides is 1. The summed E-state index contributed by atoms with van der Waals surface area (Å²) in [7, 11) is 1.38. The number of carbonyl (C=O) groups excluding carboxylic acids is 1. The number of hydrogen-bond donors (Lipinski definition) is 1. The number of methoxy groups -OCH3 is 1. The van der Waals surface area contributed by atoms with E-state index in [-0.39, 0.29) is 17.4 Å². The maximum absolute atomic E-state index is 12.7. The Kier molecular flexibility index (Phi) is 7.82. The number of ether oxygens (including phenoxy) is 2. The first kappa shape index (κ1) is 22.5. The number of aryl methyl sites for hydroxylation is 1. The maximum Gasteiger partial charge on any atom is 0.387 e. The lowest BCUT2D eigenvalue weighted by Crippen LogP contribution is -2.26. The summed E-state index contributed by atoms with van der Waals surface area (Å²) < 4.78 is 39.6. The van der Waals surface area contributed by atoms with E-state index in [0.717, 1.165) is 10.5 Å². The van der Waals surface area contributed by atoms with Crippen LogP contribution in [0.4, 0.5) is 8.78 Å². The standard InChI is InChI=1S/C21H21F2N3O4S/c1-13-25-19(26-30-13)12-31-18-6-4-3-5-15(18)20(27)24-10-9-14-7-8-16(28-2)17(11-14)29-21(22)23/h3-8,11,21H,9-10,12H2,1-2H3,(H,24,27). The minimum absolute atomic E-state index is 0.0419. The van der Waals surface area contributed by atoms with Crippen LogP contribution in [-0.4, -0.2) is 36.3 Å². The molecule has 0 atom stereocenters. The predicted octanol–water partition coefficient (Wildman–Crippen LogP) is 4.25. The fourth-order valence-corrected chi connectivity index (χ4v) is 3.70. The maximum atomic E-state index is 12.7. The highest BCUT2D eigenvalue weighted by Gasteiger charge is 2.14. The molecule has 1 N–H and O–H groups in total. The van der Waals surface area contributed by atoms with Gasteiger partial charge in [0, 0.05) is 18.4 Å². The molecular formula is C21H21F2N3O4S. The molecule has 1 amide bonds. The number of carbonyl (C=O) groups is 1. The molecule has 31 heavy (non-hydrogen) atoms. The van der Waals surface area contributed by atoms with E-state index < -0.39 is 6.61 Å². The number of benzene rings is 2. The van der Waals surface area contributed by atoms with Crippen LogP contribution in [0.25, 0.3) is 0 Å². The summed E-state index contributed by atoms with van der Waals surface area (Å²) in [5.41, 5.74) is 1.26. The Morgan fingerprint density at radius 3 is 2.74 bits per heavy atom. The molecule has 0 fully saturated rings. The second kappa shape index (κ2) is 10.8. The lowest BCUT2D eigenvalue weighted by atomic mass is 10.1. The number of thioether (sulfide) groups is 1. The Hall–Kier alpha value is -3.14. The fraction of sp³-hybridized carbons (Fsp3) is 0.286. The second-order valence-corrected chi connectivity index (χ2v) is 7.40. The number of nitrogens with one attached hydrogen (secondary N) is 1. The van der Waals surface area contributed by atoms with Gasteiger partial charge in [0.2, 0.25) is 5.89 Å². The molecule has 7 nitrogen and oxygen atoms in total. The van der Waals surface area contributed by atoms with Gasteiger partial charge in [0.25, 0.3) is 5.91 Å². The monoisotopic (exact) mass is 449 g/mol. The summed E-state index contributed by atoms with van der Waals surface area (Å²) in [5, 5.41) is 6.71. The lowest BCUT2D eigenvalue weighted by Gasteiger charge is -2.12. The van der Waals surface area contributed by atoms with Gasteiger partial charge in [0.05, 0.1) is 18.4 Å². The Morgan fingerprint density at radius 1 is 1.23 bits per heavy atom. The minimum atomic E-state index is -2.95. The van der Waals surface area contributed by atoms with Crippen LogP contribution in [0.1, 0.15) is 27.6 Å². The second-order valence-electron chi connectivity index (χ2n) is 6.38. The Labute approximate surface area is 182 Å². The summed E-state index contributed by atoms with van der Waals surface area (Å²) >= 11 is 1.44. The van der Waals surface area contributed by atoms with E-state index in [9.17, 15) is 13.6 Å². The highest BCUT2D eigenvalue weighted by atomic mass is 32.2. The van der Waals surface area contributed by atoms with Gasteiger partial charge < -0.3 is 19.3 Å². The van der Waals surface area contributed by atoms with Crippen molar-refractivity contribution in [3.63, 3.8) is 0 Å². The van der Waals surface area contributed by atoms with Crippen molar-refractivity contribution in [2.45, 2.75) is 30.6 Å². The van der Waals surface area contributed by atoms with Gasteiger partial charge in [0.15, 0.2) is 17.3 Å². The smallest absolute Gasteiger partial charge is 0.387 e. The molecule has 2 aromatic carbocycles. The van der Waals surface area contributed by atoms with Crippen molar-refractivity contribution >= 4 is 17.7 Å². The van der Waals surface area contributed by atoms with E-state index in [2.05, 4.69) is 20.2 Å². The van der Waals surface area contributed by atoms with E-state index in [1.54, 1.807) is 31.2 Å². The number of alkyl halides is 2. The molecule has 0 radical (unpaired) electrons. The summed E-state index contributed by atoms with van der Waals surface area (Å²) in [4.78, 5) is 17.6. The molecule has 0 saturated heterocycles. The number of aromatic nitrogens is 2. The molecule has 164 valence electrons. The highest BCUT2D eigenvalue weighted by Crippen LogP contribution is 2.29. The third-order valence-corrected chi connectivity index (χ3v) is 5.27. The van der Waals surface area contributed by atoms with Crippen molar-refractivity contribution in [2.75, 3.05) is 13.7 Å². The van der Waals surface area contributed by atoms with Gasteiger partial charge >= 0.3 is 6.61 Å². The van der Waals surface area contributed by atoms with Crippen LogP contribution in [-0.2, 0) is 12.2 Å². The molecule has 3 aromatic rings. The number of halogens is 2. The number of rotatable bonds is 10. The zero-order valence-electron chi connectivity index (χ0n) is 16.9. The average molecular weight is 449 g/mol. The molecule has 0 saturated carbocycles. The molecule has 0 unspecified atom stereocenters. The zero-order chi connectivity index (χ0) is 22.2. The van der Waals surface area contributed by atoms with Crippen molar-refractivity contribution < 1.29 is 27.6 Å². The molecule has 0 spiro atoms. The van der Waals surface area contributed by atoms with Gasteiger partial charge in [0.1, 0.15) is 0 Å². The van der Waals surface area contributed by atoms with Crippen molar-refractivity contribution in [2.24, 2.45) is 0 Å². The summed E-state index contributed by atoms with van der Waals surface area (Å²) in [6.45, 7) is -0.912. The van der Waals surface area contributed by atoms with E-state index in [1.165, 1.54) is 24.9 Å². The largest absolute Gasteiger partial charge is 0.493 e. The predicted molar refractivity (Wildman–Crippen MR) is 111 cm³/mol. The summed E-state index contributed by atoms with van der Waals surface area (Å²) in [6, 6.07) is 12.0. The van der Waals surface area contributed by atoms with E-state index in [1.807, 2.05) is 12.1 Å². The fourth-order valence-electron chi connectivity index (χ4n) is 2.80. The molecule has 0 aliphatic rings. The third kappa shape index (κ3) is 6.42.